The van der Waals surface area contributed by atoms with Crippen molar-refractivity contribution in [1.29, 1.82) is 0 Å². The lowest BCUT2D eigenvalue weighted by molar-refractivity contribution is 0.278. The third-order valence-corrected chi connectivity index (χ3v) is 4.88. The van der Waals surface area contributed by atoms with E-state index in [1.165, 1.54) is 6.33 Å². The largest absolute Gasteiger partial charge is 0.279 e. The number of hydrogen-bond acceptors (Lipinski definition) is 4. The Kier molecular flexibility index (Phi) is 4.89. The Balaban J connectivity index is 1.74. The molecule has 2 heterocycles. The molecule has 2 rings (SSSR count). The first-order valence-electron chi connectivity index (χ1n) is 6.67. The molecule has 7 nitrogen and oxygen atoms in total. The molecule has 1 atom stereocenters. The van der Waals surface area contributed by atoms with Gasteiger partial charge < -0.3 is 0 Å². The second-order valence-corrected chi connectivity index (χ2v) is 6.80. The van der Waals surface area contributed by atoms with Gasteiger partial charge in [0.05, 0.1) is 0 Å². The van der Waals surface area contributed by atoms with Crippen LogP contribution in [0, 0.1) is 5.92 Å². The molecular formula is C11H21N5O2S. The molecule has 0 spiro atoms. The van der Waals surface area contributed by atoms with Crippen LogP contribution in [-0.2, 0) is 16.6 Å². The number of hydrogen-bond donors (Lipinski definition) is 2. The van der Waals surface area contributed by atoms with E-state index < -0.39 is 10.2 Å². The predicted octanol–water partition coefficient (Wildman–Crippen LogP) is 0.304. The second-order valence-electron chi connectivity index (χ2n) is 5.04. The third-order valence-electron chi connectivity index (χ3n) is 3.30. The van der Waals surface area contributed by atoms with Crippen LogP contribution >= 0.6 is 0 Å². The van der Waals surface area contributed by atoms with Gasteiger partial charge >= 0.3 is 0 Å². The summed E-state index contributed by atoms with van der Waals surface area (Å²) in [6.45, 7) is 3.76. The lowest BCUT2D eigenvalue weighted by atomic mass is 10.0. The molecule has 1 saturated heterocycles. The van der Waals surface area contributed by atoms with E-state index in [4.69, 9.17) is 0 Å². The van der Waals surface area contributed by atoms with Crippen LogP contribution < -0.4 is 4.72 Å². The fourth-order valence-electron chi connectivity index (χ4n) is 2.26. The molecule has 0 bridgehead atoms. The summed E-state index contributed by atoms with van der Waals surface area (Å²) in [6.07, 6.45) is 4.91. The molecule has 0 radical (unpaired) electrons. The summed E-state index contributed by atoms with van der Waals surface area (Å²) in [5, 5.41) is 6.50. The fraction of sp³-hybridized carbons (Fsp3) is 0.818. The molecular weight excluding hydrogens is 266 g/mol. The molecule has 0 saturated carbocycles. The molecule has 108 valence electrons. The van der Waals surface area contributed by atoms with Crippen LogP contribution in [0.1, 0.15) is 32.0 Å². The molecule has 19 heavy (non-hydrogen) atoms. The van der Waals surface area contributed by atoms with Crippen LogP contribution in [0.3, 0.4) is 0 Å². The summed E-state index contributed by atoms with van der Waals surface area (Å²) in [7, 11) is -3.32. The molecule has 0 aliphatic carbocycles. The summed E-state index contributed by atoms with van der Waals surface area (Å²) in [5.41, 5.74) is 0. The lowest BCUT2D eigenvalue weighted by Crippen LogP contribution is -2.45. The minimum atomic E-state index is -3.32. The second kappa shape index (κ2) is 6.44. The van der Waals surface area contributed by atoms with Gasteiger partial charge in [0.15, 0.2) is 0 Å². The van der Waals surface area contributed by atoms with E-state index in [-0.39, 0.29) is 0 Å². The van der Waals surface area contributed by atoms with Crippen molar-refractivity contribution in [3.05, 3.63) is 12.2 Å². The number of piperidine rings is 1. The number of H-pyrrole nitrogens is 1. The van der Waals surface area contributed by atoms with Crippen LogP contribution in [0.5, 0.6) is 0 Å². The van der Waals surface area contributed by atoms with E-state index in [0.29, 0.717) is 38.4 Å². The summed E-state index contributed by atoms with van der Waals surface area (Å²) in [4.78, 5) is 4.00. The molecule has 1 unspecified atom stereocenters. The molecule has 8 heteroatoms. The Hall–Kier alpha value is -0.990. The Morgan fingerprint density at radius 1 is 1.58 bits per heavy atom. The molecule has 1 aliphatic heterocycles. The Morgan fingerprint density at radius 3 is 3.11 bits per heavy atom. The normalized spacial score (nSPS) is 21.6. The van der Waals surface area contributed by atoms with E-state index in [1.807, 2.05) is 0 Å². The molecule has 2 N–H and O–H groups in total. The quantitative estimate of drug-likeness (QED) is 0.736. The fourth-order valence-corrected chi connectivity index (χ4v) is 3.67. The zero-order valence-electron chi connectivity index (χ0n) is 11.2. The van der Waals surface area contributed by atoms with Crippen molar-refractivity contribution < 1.29 is 8.42 Å². The monoisotopic (exact) mass is 287 g/mol. The first-order valence-corrected chi connectivity index (χ1v) is 8.11. The van der Waals surface area contributed by atoms with Crippen molar-refractivity contribution >= 4 is 10.2 Å². The number of nitrogens with zero attached hydrogens (tertiary/aromatic N) is 3. The zero-order valence-corrected chi connectivity index (χ0v) is 12.0. The van der Waals surface area contributed by atoms with Crippen LogP contribution in [0.2, 0.25) is 0 Å². The Bertz CT molecular complexity index is 473. The van der Waals surface area contributed by atoms with Crippen LogP contribution in [-0.4, -0.2) is 47.5 Å². The van der Waals surface area contributed by atoms with Gasteiger partial charge in [-0.25, -0.2) is 9.71 Å². The predicted molar refractivity (Wildman–Crippen MR) is 71.6 cm³/mol. The van der Waals surface area contributed by atoms with Gasteiger partial charge in [0.25, 0.3) is 10.2 Å². The minimum Gasteiger partial charge on any atom is -0.263 e. The maximum atomic E-state index is 12.1. The summed E-state index contributed by atoms with van der Waals surface area (Å²) < 4.78 is 28.3. The van der Waals surface area contributed by atoms with Crippen molar-refractivity contribution in [2.45, 2.75) is 32.6 Å². The van der Waals surface area contributed by atoms with Crippen LogP contribution in [0.25, 0.3) is 0 Å². The molecule has 1 fully saturated rings. The topological polar surface area (TPSA) is 91.0 Å². The van der Waals surface area contributed by atoms with Gasteiger partial charge in [0.1, 0.15) is 12.2 Å². The lowest BCUT2D eigenvalue weighted by Gasteiger charge is -2.29. The first kappa shape index (κ1) is 14.4. The van der Waals surface area contributed by atoms with Crippen molar-refractivity contribution in [3.8, 4) is 0 Å². The van der Waals surface area contributed by atoms with Crippen LogP contribution in [0.15, 0.2) is 6.33 Å². The van der Waals surface area contributed by atoms with Gasteiger partial charge in [-0.1, -0.05) is 6.92 Å². The van der Waals surface area contributed by atoms with Crippen molar-refractivity contribution in [2.75, 3.05) is 19.6 Å². The summed E-state index contributed by atoms with van der Waals surface area (Å²) in [5.74, 6) is 1.23. The standard InChI is InChI=1S/C11H21N5O2S/c1-10-4-3-7-16(8-10)19(17,18)14-6-2-5-11-12-9-13-15-11/h9-10,14H,2-8H2,1H3,(H,12,13,15). The van der Waals surface area contributed by atoms with Gasteiger partial charge in [-0.15, -0.1) is 0 Å². The van der Waals surface area contributed by atoms with Gasteiger partial charge in [-0.05, 0) is 25.2 Å². The molecule has 0 amide bonds. The van der Waals surface area contributed by atoms with E-state index >= 15 is 0 Å². The highest BCUT2D eigenvalue weighted by atomic mass is 32.2. The molecule has 0 aromatic carbocycles. The Labute approximate surface area is 114 Å². The number of aromatic amines is 1. The highest BCUT2D eigenvalue weighted by molar-refractivity contribution is 7.87. The maximum absolute atomic E-state index is 12.1. The van der Waals surface area contributed by atoms with Gasteiger partial charge in [0.2, 0.25) is 0 Å². The maximum Gasteiger partial charge on any atom is 0.279 e. The minimum absolute atomic E-state index is 0.425. The van der Waals surface area contributed by atoms with E-state index in [2.05, 4.69) is 26.8 Å². The molecule has 1 aromatic heterocycles. The average Bonchev–Trinajstić information content (AvgIpc) is 2.88. The smallest absolute Gasteiger partial charge is 0.263 e. The van der Waals surface area contributed by atoms with Gasteiger partial charge in [-0.2, -0.15) is 17.8 Å². The average molecular weight is 287 g/mol. The zero-order chi connectivity index (χ0) is 13.7. The van der Waals surface area contributed by atoms with E-state index in [0.717, 1.165) is 18.7 Å². The van der Waals surface area contributed by atoms with Gasteiger partial charge in [-0.3, -0.25) is 5.10 Å². The van der Waals surface area contributed by atoms with E-state index in [9.17, 15) is 8.42 Å². The van der Waals surface area contributed by atoms with Crippen molar-refractivity contribution in [2.24, 2.45) is 5.92 Å². The number of aryl methyl sites for hydroxylation is 1. The Morgan fingerprint density at radius 2 is 2.42 bits per heavy atom. The SMILES string of the molecule is CC1CCCN(S(=O)(=O)NCCCc2ncn[nH]2)C1. The molecule has 1 aliphatic rings. The number of nitrogens with one attached hydrogen (secondary N) is 2. The first-order chi connectivity index (χ1) is 9.08. The van der Waals surface area contributed by atoms with Crippen molar-refractivity contribution in [3.63, 3.8) is 0 Å². The number of rotatable bonds is 6. The summed E-state index contributed by atoms with van der Waals surface area (Å²) in [6, 6.07) is 0. The van der Waals surface area contributed by atoms with Crippen LogP contribution in [0.4, 0.5) is 0 Å². The van der Waals surface area contributed by atoms with E-state index in [1.54, 1.807) is 4.31 Å². The highest BCUT2D eigenvalue weighted by Crippen LogP contribution is 2.17. The molecule has 1 aromatic rings. The highest BCUT2D eigenvalue weighted by Gasteiger charge is 2.26. The third kappa shape index (κ3) is 4.26. The van der Waals surface area contributed by atoms with Crippen molar-refractivity contribution in [1.82, 2.24) is 24.2 Å². The number of aromatic nitrogens is 3. The van der Waals surface area contributed by atoms with Gasteiger partial charge in [0, 0.05) is 26.1 Å². The summed E-state index contributed by atoms with van der Waals surface area (Å²) >= 11 is 0.